The fourth-order valence-corrected chi connectivity index (χ4v) is 1.11. The first-order chi connectivity index (χ1) is 5.79. The fourth-order valence-electron chi connectivity index (χ4n) is 1.11. The molecular formula is C9H6NO2. The Morgan fingerprint density at radius 1 is 1.25 bits per heavy atom. The summed E-state index contributed by atoms with van der Waals surface area (Å²) in [7, 11) is 0. The van der Waals surface area contributed by atoms with Crippen LogP contribution in [0.4, 0.5) is 5.69 Å². The number of benzene rings is 1. The van der Waals surface area contributed by atoms with Crippen LogP contribution in [0.15, 0.2) is 36.2 Å². The predicted molar refractivity (Wildman–Crippen MR) is 43.3 cm³/mol. The smallest absolute Gasteiger partial charge is 0.231 e. The van der Waals surface area contributed by atoms with E-state index in [0.717, 1.165) is 0 Å². The molecule has 1 aromatic rings. The van der Waals surface area contributed by atoms with Crippen LogP contribution < -0.4 is 5.32 Å². The average molecular weight is 160 g/mol. The van der Waals surface area contributed by atoms with Gasteiger partial charge in [0.05, 0.1) is 17.5 Å². The normalized spacial score (nSPS) is 14.7. The molecule has 1 aromatic carbocycles. The first-order valence-electron chi connectivity index (χ1n) is 3.53. The summed E-state index contributed by atoms with van der Waals surface area (Å²) in [5.41, 5.74) is 1.07. The molecule has 1 aliphatic rings. The molecule has 0 aliphatic carbocycles. The Balaban J connectivity index is 2.57. The van der Waals surface area contributed by atoms with E-state index in [1.165, 1.54) is 6.20 Å². The number of hydrogen-bond acceptors (Lipinski definition) is 2. The number of fused-ring (bicyclic) bond motifs is 1. The summed E-state index contributed by atoms with van der Waals surface area (Å²) in [6, 6.07) is 6.91. The number of ketones is 1. The van der Waals surface area contributed by atoms with Gasteiger partial charge in [0, 0.05) is 0 Å². The molecule has 2 rings (SSSR count). The minimum absolute atomic E-state index is 0.297. The van der Waals surface area contributed by atoms with Gasteiger partial charge in [0.2, 0.25) is 5.78 Å². The topological polar surface area (TPSA) is 51.4 Å². The van der Waals surface area contributed by atoms with Crippen molar-refractivity contribution in [1.82, 2.24) is 5.32 Å². The third-order valence-electron chi connectivity index (χ3n) is 1.71. The first-order valence-corrected chi connectivity index (χ1v) is 3.53. The van der Waals surface area contributed by atoms with E-state index in [2.05, 4.69) is 5.32 Å². The summed E-state index contributed by atoms with van der Waals surface area (Å²) in [6.45, 7) is 0. The van der Waals surface area contributed by atoms with E-state index in [1.807, 2.05) is 0 Å². The van der Waals surface area contributed by atoms with Crippen molar-refractivity contribution in [2.45, 2.75) is 0 Å². The number of aliphatic hydroxyl groups is 1. The molecule has 0 bridgehead atoms. The van der Waals surface area contributed by atoms with Gasteiger partial charge in [0.1, 0.15) is 0 Å². The van der Waals surface area contributed by atoms with Gasteiger partial charge in [0.25, 0.3) is 0 Å². The van der Waals surface area contributed by atoms with Crippen molar-refractivity contribution in [2.75, 3.05) is 0 Å². The minimum Gasteiger partial charge on any atom is -0.503 e. The summed E-state index contributed by atoms with van der Waals surface area (Å²) in [5.74, 6) is -0.658. The molecule has 0 saturated carbocycles. The summed E-state index contributed by atoms with van der Waals surface area (Å²) < 4.78 is 0. The van der Waals surface area contributed by atoms with Crippen LogP contribution >= 0.6 is 0 Å². The van der Waals surface area contributed by atoms with E-state index in [0.29, 0.717) is 11.3 Å². The molecule has 3 heteroatoms. The van der Waals surface area contributed by atoms with Crippen molar-refractivity contribution in [3.8, 4) is 0 Å². The fraction of sp³-hybridized carbons (Fsp3) is 0. The van der Waals surface area contributed by atoms with Crippen LogP contribution in [0.1, 0.15) is 10.4 Å². The van der Waals surface area contributed by atoms with E-state index in [4.69, 9.17) is 5.11 Å². The van der Waals surface area contributed by atoms with E-state index in [9.17, 15) is 4.79 Å². The molecule has 0 atom stereocenters. The lowest BCUT2D eigenvalue weighted by molar-refractivity contribution is 0.0974. The highest BCUT2D eigenvalue weighted by Crippen LogP contribution is 2.21. The van der Waals surface area contributed by atoms with Gasteiger partial charge < -0.3 is 5.11 Å². The van der Waals surface area contributed by atoms with Crippen LogP contribution in [0.2, 0.25) is 0 Å². The highest BCUT2D eigenvalue weighted by atomic mass is 16.3. The van der Waals surface area contributed by atoms with Gasteiger partial charge in [-0.15, -0.1) is 0 Å². The molecule has 3 nitrogen and oxygen atoms in total. The Bertz CT molecular complexity index is 369. The Morgan fingerprint density at radius 2 is 2.00 bits per heavy atom. The Labute approximate surface area is 69.3 Å². The standard InChI is InChI=1S/C9H6NO2/c11-8-5-10-7-4-2-1-3-6(7)9(8)12/h1-5,11H. The maximum atomic E-state index is 11.2. The lowest BCUT2D eigenvalue weighted by Crippen LogP contribution is -2.12. The van der Waals surface area contributed by atoms with Crippen molar-refractivity contribution in [1.29, 1.82) is 0 Å². The van der Waals surface area contributed by atoms with Crippen LogP contribution in [0, 0.1) is 0 Å². The molecule has 1 N–H and O–H groups in total. The van der Waals surface area contributed by atoms with E-state index in [1.54, 1.807) is 24.3 Å². The van der Waals surface area contributed by atoms with Crippen LogP contribution in [0.5, 0.6) is 0 Å². The quantitative estimate of drug-likeness (QED) is 0.625. The molecule has 0 unspecified atom stereocenters. The molecule has 1 aliphatic heterocycles. The number of hydrogen-bond donors (Lipinski definition) is 1. The zero-order chi connectivity index (χ0) is 8.55. The van der Waals surface area contributed by atoms with Gasteiger partial charge in [-0.2, -0.15) is 0 Å². The number of para-hydroxylation sites is 1. The van der Waals surface area contributed by atoms with E-state index < -0.39 is 0 Å². The monoisotopic (exact) mass is 160 g/mol. The lowest BCUT2D eigenvalue weighted by atomic mass is 10.1. The minimum atomic E-state index is -0.361. The highest BCUT2D eigenvalue weighted by Gasteiger charge is 2.19. The highest BCUT2D eigenvalue weighted by molar-refractivity contribution is 6.11. The number of carbonyl (C=O) groups excluding carboxylic acids is 1. The zero-order valence-corrected chi connectivity index (χ0v) is 6.19. The number of carbonyl (C=O) groups is 1. The predicted octanol–water partition coefficient (Wildman–Crippen LogP) is 1.52. The van der Waals surface area contributed by atoms with Crippen LogP contribution in [0.3, 0.4) is 0 Å². The molecule has 0 fully saturated rings. The molecule has 0 spiro atoms. The van der Waals surface area contributed by atoms with Crippen LogP contribution in [-0.2, 0) is 0 Å². The molecule has 1 radical (unpaired) electrons. The largest absolute Gasteiger partial charge is 0.503 e. The van der Waals surface area contributed by atoms with Crippen molar-refractivity contribution in [3.63, 3.8) is 0 Å². The summed E-state index contributed by atoms with van der Waals surface area (Å²) in [5, 5.41) is 12.9. The SMILES string of the molecule is O=C1C(O)=C[N]c2ccccc21. The van der Waals surface area contributed by atoms with Gasteiger partial charge in [-0.05, 0) is 12.1 Å². The van der Waals surface area contributed by atoms with Gasteiger partial charge in [0.15, 0.2) is 5.76 Å². The first kappa shape index (κ1) is 6.91. The van der Waals surface area contributed by atoms with Gasteiger partial charge >= 0.3 is 0 Å². The van der Waals surface area contributed by atoms with E-state index >= 15 is 0 Å². The Kier molecular flexibility index (Phi) is 1.37. The molecule has 1 heterocycles. The molecule has 12 heavy (non-hydrogen) atoms. The summed E-state index contributed by atoms with van der Waals surface area (Å²) >= 11 is 0. The maximum absolute atomic E-state index is 11.2. The van der Waals surface area contributed by atoms with Crippen LogP contribution in [-0.4, -0.2) is 10.9 Å². The number of rotatable bonds is 0. The lowest BCUT2D eigenvalue weighted by Gasteiger charge is -2.10. The molecular weight excluding hydrogens is 154 g/mol. The van der Waals surface area contributed by atoms with Gasteiger partial charge in [-0.1, -0.05) is 12.1 Å². The van der Waals surface area contributed by atoms with Crippen molar-refractivity contribution in [2.24, 2.45) is 0 Å². The zero-order valence-electron chi connectivity index (χ0n) is 6.19. The molecule has 0 aromatic heterocycles. The van der Waals surface area contributed by atoms with Gasteiger partial charge in [-0.25, -0.2) is 0 Å². The Morgan fingerprint density at radius 3 is 2.83 bits per heavy atom. The second kappa shape index (κ2) is 2.37. The van der Waals surface area contributed by atoms with Gasteiger partial charge in [-0.3, -0.25) is 10.1 Å². The maximum Gasteiger partial charge on any atom is 0.231 e. The average Bonchev–Trinajstić information content (AvgIpc) is 2.12. The molecule has 0 saturated heterocycles. The Hall–Kier alpha value is -1.77. The second-order valence-corrected chi connectivity index (χ2v) is 2.49. The number of Topliss-reactive ketones (excluding diaryl/α,β-unsaturated/α-hetero) is 1. The number of aliphatic hydroxyl groups excluding tert-OH is 1. The second-order valence-electron chi connectivity index (χ2n) is 2.49. The number of allylic oxidation sites excluding steroid dienone is 1. The summed E-state index contributed by atoms with van der Waals surface area (Å²) in [4.78, 5) is 11.2. The van der Waals surface area contributed by atoms with Crippen LogP contribution in [0.25, 0.3) is 0 Å². The third-order valence-corrected chi connectivity index (χ3v) is 1.71. The van der Waals surface area contributed by atoms with E-state index in [-0.39, 0.29) is 11.5 Å². The van der Waals surface area contributed by atoms with Crippen molar-refractivity contribution < 1.29 is 9.90 Å². The van der Waals surface area contributed by atoms with Crippen molar-refractivity contribution in [3.05, 3.63) is 41.8 Å². The number of nitrogens with zero attached hydrogens (tertiary/aromatic N) is 1. The van der Waals surface area contributed by atoms with Crippen molar-refractivity contribution >= 4 is 11.5 Å². The molecule has 59 valence electrons. The third kappa shape index (κ3) is 0.871. The summed E-state index contributed by atoms with van der Waals surface area (Å²) in [6.07, 6.45) is 1.17. The molecule has 0 amide bonds.